The van der Waals surface area contributed by atoms with Crippen molar-refractivity contribution in [3.05, 3.63) is 90.0 Å². The van der Waals surface area contributed by atoms with Gasteiger partial charge in [-0.25, -0.2) is 0 Å². The molecule has 0 saturated heterocycles. The van der Waals surface area contributed by atoms with Gasteiger partial charge in [0.1, 0.15) is 11.2 Å². The summed E-state index contributed by atoms with van der Waals surface area (Å²) in [6.07, 6.45) is 0. The van der Waals surface area contributed by atoms with Gasteiger partial charge in [0.05, 0.1) is 21.4 Å². The van der Waals surface area contributed by atoms with Crippen molar-refractivity contribution in [2.24, 2.45) is 0 Å². The van der Waals surface area contributed by atoms with E-state index in [-0.39, 0.29) is 0 Å². The number of benzene rings is 4. The fourth-order valence-corrected chi connectivity index (χ4v) is 4.43. The number of halogens is 1. The number of aromatic nitrogens is 1. The van der Waals surface area contributed by atoms with Crippen LogP contribution in [0.25, 0.3) is 49.4 Å². The zero-order valence-electron chi connectivity index (χ0n) is 14.3. The predicted octanol–water partition coefficient (Wildman–Crippen LogP) is 7.34. The van der Waals surface area contributed by atoms with Gasteiger partial charge >= 0.3 is 0 Å². The van der Waals surface area contributed by atoms with Crippen molar-refractivity contribution < 1.29 is 4.42 Å². The molecule has 0 radical (unpaired) electrons. The molecule has 0 aliphatic carbocycles. The number of fused-ring (bicyclic) bond motifs is 7. The minimum atomic E-state index is 0.711. The van der Waals surface area contributed by atoms with Crippen LogP contribution in [0, 0.1) is 0 Å². The van der Waals surface area contributed by atoms with E-state index in [1.165, 1.54) is 0 Å². The van der Waals surface area contributed by atoms with Crippen LogP contribution in [0.2, 0.25) is 5.02 Å². The predicted molar refractivity (Wildman–Crippen MR) is 113 cm³/mol. The molecule has 2 nitrogen and oxygen atoms in total. The average molecular weight is 368 g/mol. The molecule has 0 unspecified atom stereocenters. The standard InChI is InChI=1S/C24H14ClNO/c25-18-14-20-23(24-22(18)17-11-5-7-13-21(17)27-24)16-10-4-6-12-19(16)26(20)15-8-2-1-3-9-15/h1-14H. The smallest absolute Gasteiger partial charge is 0.146 e. The summed E-state index contributed by atoms with van der Waals surface area (Å²) >= 11 is 6.77. The van der Waals surface area contributed by atoms with Crippen molar-refractivity contribution in [1.29, 1.82) is 0 Å². The van der Waals surface area contributed by atoms with Crippen LogP contribution in [0.4, 0.5) is 0 Å². The first kappa shape index (κ1) is 14.9. The topological polar surface area (TPSA) is 18.1 Å². The molecule has 0 spiro atoms. The minimum Gasteiger partial charge on any atom is -0.455 e. The Labute approximate surface area is 160 Å². The molecule has 27 heavy (non-hydrogen) atoms. The second kappa shape index (κ2) is 5.38. The molecular formula is C24H14ClNO. The van der Waals surface area contributed by atoms with Crippen molar-refractivity contribution >= 4 is 55.3 Å². The van der Waals surface area contributed by atoms with Gasteiger partial charge in [0.2, 0.25) is 0 Å². The van der Waals surface area contributed by atoms with E-state index >= 15 is 0 Å². The molecule has 0 aliphatic rings. The van der Waals surface area contributed by atoms with E-state index in [0.717, 1.165) is 49.4 Å². The first-order valence-electron chi connectivity index (χ1n) is 8.91. The molecule has 0 atom stereocenters. The van der Waals surface area contributed by atoms with Crippen molar-refractivity contribution in [2.75, 3.05) is 0 Å². The highest BCUT2D eigenvalue weighted by molar-refractivity contribution is 6.41. The third-order valence-electron chi connectivity index (χ3n) is 5.25. The number of hydrogen-bond acceptors (Lipinski definition) is 1. The highest BCUT2D eigenvalue weighted by atomic mass is 35.5. The molecule has 0 amide bonds. The summed E-state index contributed by atoms with van der Waals surface area (Å²) in [5.41, 5.74) is 5.01. The summed E-state index contributed by atoms with van der Waals surface area (Å²) in [4.78, 5) is 0. The lowest BCUT2D eigenvalue weighted by Crippen LogP contribution is -1.92. The SMILES string of the molecule is Clc1cc2c(c3ccccc3n2-c2ccccc2)c2oc3ccccc3c12. The van der Waals surface area contributed by atoms with Gasteiger partial charge in [-0.05, 0) is 30.3 Å². The van der Waals surface area contributed by atoms with E-state index in [0.29, 0.717) is 5.02 Å². The molecule has 0 fully saturated rings. The highest BCUT2D eigenvalue weighted by Crippen LogP contribution is 2.43. The third kappa shape index (κ3) is 1.96. The number of para-hydroxylation sites is 3. The van der Waals surface area contributed by atoms with Gasteiger partial charge in [-0.3, -0.25) is 0 Å². The Morgan fingerprint density at radius 2 is 1.37 bits per heavy atom. The van der Waals surface area contributed by atoms with E-state index in [1.807, 2.05) is 24.3 Å². The van der Waals surface area contributed by atoms with Gasteiger partial charge in [0, 0.05) is 21.8 Å². The first-order chi connectivity index (χ1) is 13.3. The molecule has 6 aromatic rings. The summed E-state index contributed by atoms with van der Waals surface area (Å²) in [6.45, 7) is 0. The normalized spacial score (nSPS) is 11.9. The van der Waals surface area contributed by atoms with Crippen LogP contribution in [-0.4, -0.2) is 4.57 Å². The molecule has 2 heterocycles. The lowest BCUT2D eigenvalue weighted by atomic mass is 10.1. The Hall–Kier alpha value is -3.23. The van der Waals surface area contributed by atoms with E-state index in [9.17, 15) is 0 Å². The van der Waals surface area contributed by atoms with Crippen LogP contribution in [0.15, 0.2) is 89.3 Å². The lowest BCUT2D eigenvalue weighted by Gasteiger charge is -2.07. The Balaban J connectivity index is 1.92. The Kier molecular flexibility index (Phi) is 2.97. The van der Waals surface area contributed by atoms with E-state index in [1.54, 1.807) is 0 Å². The average Bonchev–Trinajstić information content (AvgIpc) is 3.24. The maximum atomic E-state index is 6.77. The molecule has 6 rings (SSSR count). The summed E-state index contributed by atoms with van der Waals surface area (Å²) in [6, 6.07) is 28.9. The monoisotopic (exact) mass is 367 g/mol. The van der Waals surface area contributed by atoms with Gasteiger partial charge in [-0.1, -0.05) is 66.2 Å². The fourth-order valence-electron chi connectivity index (χ4n) is 4.14. The zero-order valence-corrected chi connectivity index (χ0v) is 15.1. The molecule has 0 aliphatic heterocycles. The van der Waals surface area contributed by atoms with Crippen molar-refractivity contribution in [3.8, 4) is 5.69 Å². The quantitative estimate of drug-likeness (QED) is 0.297. The molecule has 4 aromatic carbocycles. The maximum absolute atomic E-state index is 6.77. The Morgan fingerprint density at radius 3 is 2.22 bits per heavy atom. The van der Waals surface area contributed by atoms with Crippen LogP contribution in [0.5, 0.6) is 0 Å². The number of rotatable bonds is 1. The third-order valence-corrected chi connectivity index (χ3v) is 5.55. The largest absolute Gasteiger partial charge is 0.455 e. The molecule has 3 heteroatoms. The van der Waals surface area contributed by atoms with E-state index in [4.69, 9.17) is 16.0 Å². The van der Waals surface area contributed by atoms with Gasteiger partial charge in [-0.15, -0.1) is 0 Å². The van der Waals surface area contributed by atoms with Crippen LogP contribution in [-0.2, 0) is 0 Å². The van der Waals surface area contributed by atoms with Crippen LogP contribution >= 0.6 is 11.6 Å². The summed E-state index contributed by atoms with van der Waals surface area (Å²) in [5, 5.41) is 5.01. The summed E-state index contributed by atoms with van der Waals surface area (Å²) in [5.74, 6) is 0. The van der Waals surface area contributed by atoms with Crippen molar-refractivity contribution in [1.82, 2.24) is 4.57 Å². The maximum Gasteiger partial charge on any atom is 0.146 e. The molecule has 128 valence electrons. The van der Waals surface area contributed by atoms with Crippen LogP contribution < -0.4 is 0 Å². The van der Waals surface area contributed by atoms with E-state index < -0.39 is 0 Å². The second-order valence-corrected chi connectivity index (χ2v) is 7.15. The summed E-state index contributed by atoms with van der Waals surface area (Å²) < 4.78 is 8.56. The van der Waals surface area contributed by atoms with Crippen LogP contribution in [0.3, 0.4) is 0 Å². The Morgan fingerprint density at radius 1 is 0.667 bits per heavy atom. The molecule has 0 N–H and O–H groups in total. The highest BCUT2D eigenvalue weighted by Gasteiger charge is 2.20. The van der Waals surface area contributed by atoms with Gasteiger partial charge < -0.3 is 8.98 Å². The molecule has 0 bridgehead atoms. The number of furan rings is 1. The van der Waals surface area contributed by atoms with Gasteiger partial charge in [0.25, 0.3) is 0 Å². The van der Waals surface area contributed by atoms with Crippen molar-refractivity contribution in [3.63, 3.8) is 0 Å². The first-order valence-corrected chi connectivity index (χ1v) is 9.29. The summed E-state index contributed by atoms with van der Waals surface area (Å²) in [7, 11) is 0. The minimum absolute atomic E-state index is 0.711. The number of hydrogen-bond donors (Lipinski definition) is 0. The second-order valence-electron chi connectivity index (χ2n) is 6.74. The Bertz CT molecular complexity index is 1470. The molecule has 0 saturated carbocycles. The zero-order chi connectivity index (χ0) is 18.0. The fraction of sp³-hybridized carbons (Fsp3) is 0. The molecule has 2 aromatic heterocycles. The van der Waals surface area contributed by atoms with Crippen molar-refractivity contribution in [2.45, 2.75) is 0 Å². The molecular weight excluding hydrogens is 354 g/mol. The van der Waals surface area contributed by atoms with Gasteiger partial charge in [0.15, 0.2) is 0 Å². The number of nitrogens with zero attached hydrogens (tertiary/aromatic N) is 1. The lowest BCUT2D eigenvalue weighted by molar-refractivity contribution is 0.673. The van der Waals surface area contributed by atoms with Crippen LogP contribution in [0.1, 0.15) is 0 Å². The van der Waals surface area contributed by atoms with Gasteiger partial charge in [-0.2, -0.15) is 0 Å². The van der Waals surface area contributed by atoms with E-state index in [2.05, 4.69) is 65.2 Å².